The van der Waals surface area contributed by atoms with Crippen LogP contribution in [0.5, 0.6) is 0 Å². The first-order valence-electron chi connectivity index (χ1n) is 10.5. The lowest BCUT2D eigenvalue weighted by Gasteiger charge is -2.36. The molecule has 0 spiro atoms. The molecule has 0 unspecified atom stereocenters. The standard InChI is InChI=1S/C24H27N3O4/c1-16(2)30-15-20-19-5-3-4-6-21(19)31-22(20)24(29)27-13-11-26(12-14-27)18-9-7-17(8-10-18)23(25)28/h3-10,16H,11-15H2,1-2H3,(H2,25,28). The lowest BCUT2D eigenvalue weighted by molar-refractivity contribution is 0.0609. The summed E-state index contributed by atoms with van der Waals surface area (Å²) in [7, 11) is 0. The van der Waals surface area contributed by atoms with E-state index in [0.717, 1.165) is 16.6 Å². The molecule has 0 atom stereocenters. The van der Waals surface area contributed by atoms with Crippen LogP contribution in [-0.2, 0) is 11.3 Å². The van der Waals surface area contributed by atoms with Crippen LogP contribution in [-0.4, -0.2) is 49.0 Å². The van der Waals surface area contributed by atoms with Crippen LogP contribution >= 0.6 is 0 Å². The van der Waals surface area contributed by atoms with Gasteiger partial charge in [0.2, 0.25) is 5.91 Å². The third-order valence-electron chi connectivity index (χ3n) is 5.54. The molecule has 1 aromatic heterocycles. The zero-order valence-electron chi connectivity index (χ0n) is 17.8. The molecular weight excluding hydrogens is 394 g/mol. The molecule has 1 saturated heterocycles. The molecule has 7 nitrogen and oxygen atoms in total. The third kappa shape index (κ3) is 4.41. The van der Waals surface area contributed by atoms with Crippen molar-refractivity contribution >= 4 is 28.5 Å². The van der Waals surface area contributed by atoms with Crippen LogP contribution in [0.3, 0.4) is 0 Å². The Morgan fingerprint density at radius 2 is 1.71 bits per heavy atom. The normalized spacial score (nSPS) is 14.4. The van der Waals surface area contributed by atoms with Crippen molar-refractivity contribution < 1.29 is 18.7 Å². The highest BCUT2D eigenvalue weighted by Crippen LogP contribution is 2.28. The van der Waals surface area contributed by atoms with Gasteiger partial charge in [0.05, 0.1) is 12.7 Å². The van der Waals surface area contributed by atoms with Crippen molar-refractivity contribution in [2.45, 2.75) is 26.6 Å². The number of primary amides is 1. The summed E-state index contributed by atoms with van der Waals surface area (Å²) in [6.45, 7) is 6.83. The van der Waals surface area contributed by atoms with Crippen molar-refractivity contribution in [1.82, 2.24) is 4.90 Å². The number of piperazine rings is 1. The summed E-state index contributed by atoms with van der Waals surface area (Å²) in [4.78, 5) is 28.6. The molecule has 0 saturated carbocycles. The van der Waals surface area contributed by atoms with Gasteiger partial charge in [-0.2, -0.15) is 0 Å². The van der Waals surface area contributed by atoms with E-state index >= 15 is 0 Å². The van der Waals surface area contributed by atoms with Gasteiger partial charge in [0.1, 0.15) is 5.58 Å². The molecular formula is C24H27N3O4. The predicted octanol–water partition coefficient (Wildman–Crippen LogP) is 3.42. The maximum Gasteiger partial charge on any atom is 0.290 e. The highest BCUT2D eigenvalue weighted by molar-refractivity contribution is 5.99. The van der Waals surface area contributed by atoms with E-state index in [-0.39, 0.29) is 12.0 Å². The van der Waals surface area contributed by atoms with E-state index in [1.54, 1.807) is 12.1 Å². The van der Waals surface area contributed by atoms with Crippen molar-refractivity contribution in [3.05, 3.63) is 65.4 Å². The Hall–Kier alpha value is -3.32. The highest BCUT2D eigenvalue weighted by atomic mass is 16.5. The number of para-hydroxylation sites is 1. The lowest BCUT2D eigenvalue weighted by atomic mass is 10.1. The second kappa shape index (κ2) is 8.81. The van der Waals surface area contributed by atoms with E-state index in [1.165, 1.54) is 0 Å². The summed E-state index contributed by atoms with van der Waals surface area (Å²) in [5.41, 5.74) is 8.30. The Balaban J connectivity index is 1.49. The van der Waals surface area contributed by atoms with Gasteiger partial charge in [0, 0.05) is 48.4 Å². The number of nitrogens with zero attached hydrogens (tertiary/aromatic N) is 2. The monoisotopic (exact) mass is 421 g/mol. The average Bonchev–Trinajstić information content (AvgIpc) is 3.16. The van der Waals surface area contributed by atoms with Crippen LogP contribution in [0.2, 0.25) is 0 Å². The van der Waals surface area contributed by atoms with Gasteiger partial charge in [-0.3, -0.25) is 9.59 Å². The van der Waals surface area contributed by atoms with Crippen LogP contribution in [0.4, 0.5) is 5.69 Å². The van der Waals surface area contributed by atoms with Gasteiger partial charge in [-0.25, -0.2) is 0 Å². The zero-order chi connectivity index (χ0) is 22.0. The van der Waals surface area contributed by atoms with Crippen LogP contribution in [0, 0.1) is 0 Å². The Labute approximate surface area is 181 Å². The van der Waals surface area contributed by atoms with Crippen molar-refractivity contribution in [2.75, 3.05) is 31.1 Å². The van der Waals surface area contributed by atoms with E-state index in [2.05, 4.69) is 4.90 Å². The number of amides is 2. The first-order chi connectivity index (χ1) is 14.9. The van der Waals surface area contributed by atoms with Crippen molar-refractivity contribution in [3.8, 4) is 0 Å². The number of benzene rings is 2. The van der Waals surface area contributed by atoms with E-state index in [9.17, 15) is 9.59 Å². The number of rotatable bonds is 6. The number of ether oxygens (including phenoxy) is 1. The molecule has 2 amide bonds. The Kier molecular flexibility index (Phi) is 5.95. The summed E-state index contributed by atoms with van der Waals surface area (Å²) < 4.78 is 11.8. The second-order valence-electron chi connectivity index (χ2n) is 7.96. The molecule has 2 aromatic carbocycles. The summed E-state index contributed by atoms with van der Waals surface area (Å²) in [6, 6.07) is 14.9. The zero-order valence-corrected chi connectivity index (χ0v) is 17.8. The molecule has 7 heteroatoms. The molecule has 2 N–H and O–H groups in total. The largest absolute Gasteiger partial charge is 0.451 e. The number of carbonyl (C=O) groups excluding carboxylic acids is 2. The molecule has 4 rings (SSSR count). The Morgan fingerprint density at radius 3 is 2.35 bits per heavy atom. The number of nitrogens with two attached hydrogens (primary N) is 1. The minimum absolute atomic E-state index is 0.0566. The fourth-order valence-corrected chi connectivity index (χ4v) is 3.81. The van der Waals surface area contributed by atoms with Gasteiger partial charge >= 0.3 is 0 Å². The molecule has 1 fully saturated rings. The maximum absolute atomic E-state index is 13.3. The van der Waals surface area contributed by atoms with Crippen molar-refractivity contribution in [1.29, 1.82) is 0 Å². The van der Waals surface area contributed by atoms with E-state index in [0.29, 0.717) is 49.7 Å². The van der Waals surface area contributed by atoms with Gasteiger partial charge in [-0.1, -0.05) is 18.2 Å². The molecule has 162 valence electrons. The highest BCUT2D eigenvalue weighted by Gasteiger charge is 2.28. The predicted molar refractivity (Wildman–Crippen MR) is 119 cm³/mol. The fourth-order valence-electron chi connectivity index (χ4n) is 3.81. The number of anilines is 1. The lowest BCUT2D eigenvalue weighted by Crippen LogP contribution is -2.48. The SMILES string of the molecule is CC(C)OCc1c(C(=O)N2CCN(c3ccc(C(N)=O)cc3)CC2)oc2ccccc12. The quantitative estimate of drug-likeness (QED) is 0.659. The molecule has 3 aromatic rings. The van der Waals surface area contributed by atoms with Gasteiger partial charge in [0.25, 0.3) is 5.91 Å². The number of hydrogen-bond donors (Lipinski definition) is 1. The van der Waals surface area contributed by atoms with Gasteiger partial charge in [-0.05, 0) is 44.2 Å². The minimum atomic E-state index is -0.440. The summed E-state index contributed by atoms with van der Waals surface area (Å²) in [6.07, 6.45) is 0.0566. The summed E-state index contributed by atoms with van der Waals surface area (Å²) in [5.74, 6) is -0.187. The summed E-state index contributed by atoms with van der Waals surface area (Å²) >= 11 is 0. The van der Waals surface area contributed by atoms with E-state index in [1.807, 2.05) is 55.1 Å². The van der Waals surface area contributed by atoms with Gasteiger partial charge in [-0.15, -0.1) is 0 Å². The van der Waals surface area contributed by atoms with Gasteiger partial charge in [0.15, 0.2) is 5.76 Å². The molecule has 0 aliphatic carbocycles. The molecule has 1 aliphatic rings. The average molecular weight is 421 g/mol. The van der Waals surface area contributed by atoms with Crippen molar-refractivity contribution in [3.63, 3.8) is 0 Å². The molecule has 0 bridgehead atoms. The number of hydrogen-bond acceptors (Lipinski definition) is 5. The van der Waals surface area contributed by atoms with Crippen LogP contribution < -0.4 is 10.6 Å². The Morgan fingerprint density at radius 1 is 1.03 bits per heavy atom. The fraction of sp³-hybridized carbons (Fsp3) is 0.333. The number of fused-ring (bicyclic) bond motifs is 1. The van der Waals surface area contributed by atoms with Crippen LogP contribution in [0.15, 0.2) is 52.9 Å². The second-order valence-corrected chi connectivity index (χ2v) is 7.96. The number of furan rings is 1. The third-order valence-corrected chi connectivity index (χ3v) is 5.54. The minimum Gasteiger partial charge on any atom is -0.451 e. The molecule has 0 radical (unpaired) electrons. The van der Waals surface area contributed by atoms with Gasteiger partial charge < -0.3 is 24.7 Å². The van der Waals surface area contributed by atoms with E-state index < -0.39 is 5.91 Å². The maximum atomic E-state index is 13.3. The van der Waals surface area contributed by atoms with Crippen molar-refractivity contribution in [2.24, 2.45) is 5.73 Å². The van der Waals surface area contributed by atoms with E-state index in [4.69, 9.17) is 14.9 Å². The van der Waals surface area contributed by atoms with Crippen LogP contribution in [0.25, 0.3) is 11.0 Å². The Bertz CT molecular complexity index is 1080. The molecule has 31 heavy (non-hydrogen) atoms. The molecule has 1 aliphatic heterocycles. The number of carbonyl (C=O) groups is 2. The first-order valence-corrected chi connectivity index (χ1v) is 10.5. The first kappa shape index (κ1) is 20.9. The summed E-state index contributed by atoms with van der Waals surface area (Å²) in [5, 5.41) is 0.916. The van der Waals surface area contributed by atoms with Crippen LogP contribution in [0.1, 0.15) is 40.3 Å². The topological polar surface area (TPSA) is 89.0 Å². The smallest absolute Gasteiger partial charge is 0.290 e. The molecule has 2 heterocycles.